The van der Waals surface area contributed by atoms with Crippen molar-refractivity contribution >= 4 is 0 Å². The van der Waals surface area contributed by atoms with E-state index in [9.17, 15) is 5.11 Å². The first kappa shape index (κ1) is 11.4. The molecule has 1 N–H and O–H groups in total. The highest BCUT2D eigenvalue weighted by Crippen LogP contribution is 2.25. The van der Waals surface area contributed by atoms with E-state index in [1.54, 1.807) is 0 Å². The topological polar surface area (TPSA) is 26.7 Å². The first-order chi connectivity index (χ1) is 6.97. The third-order valence-corrected chi connectivity index (χ3v) is 3.82. The Labute approximate surface area is 93.1 Å². The highest BCUT2D eigenvalue weighted by molar-refractivity contribution is 4.91. The van der Waals surface area contributed by atoms with Gasteiger partial charge in [-0.2, -0.15) is 0 Å². The Morgan fingerprint density at radius 3 is 2.27 bits per heavy atom. The van der Waals surface area contributed by atoms with Gasteiger partial charge >= 0.3 is 0 Å². The molecule has 88 valence electrons. The molecule has 2 saturated heterocycles. The zero-order valence-corrected chi connectivity index (χ0v) is 10.2. The summed E-state index contributed by atoms with van der Waals surface area (Å²) >= 11 is 0. The molecule has 0 aliphatic carbocycles. The minimum Gasteiger partial charge on any atom is -0.392 e. The van der Waals surface area contributed by atoms with E-state index < -0.39 is 0 Å². The molecular formula is C12H24N2O. The lowest BCUT2D eigenvalue weighted by Crippen LogP contribution is -2.43. The fourth-order valence-electron chi connectivity index (χ4n) is 2.75. The van der Waals surface area contributed by atoms with Crippen LogP contribution in [-0.2, 0) is 0 Å². The van der Waals surface area contributed by atoms with E-state index >= 15 is 0 Å². The molecule has 2 aliphatic rings. The number of hydrogen-bond donors (Lipinski definition) is 1. The Morgan fingerprint density at radius 1 is 1.07 bits per heavy atom. The van der Waals surface area contributed by atoms with Crippen molar-refractivity contribution in [2.75, 3.05) is 26.2 Å². The summed E-state index contributed by atoms with van der Waals surface area (Å²) in [7, 11) is 0. The first-order valence-corrected chi connectivity index (χ1v) is 6.14. The number of rotatable bonds is 1. The van der Waals surface area contributed by atoms with Crippen LogP contribution in [0.4, 0.5) is 0 Å². The molecule has 3 heteroatoms. The summed E-state index contributed by atoms with van der Waals surface area (Å²) in [5.41, 5.74) is 0.299. The quantitative estimate of drug-likeness (QED) is 0.700. The summed E-state index contributed by atoms with van der Waals surface area (Å²) in [6.07, 6.45) is 2.16. The van der Waals surface area contributed by atoms with Crippen LogP contribution >= 0.6 is 0 Å². The van der Waals surface area contributed by atoms with Gasteiger partial charge in [0.1, 0.15) is 0 Å². The molecule has 0 aromatic rings. The molecule has 2 heterocycles. The molecular weight excluding hydrogens is 188 g/mol. The highest BCUT2D eigenvalue weighted by atomic mass is 16.3. The summed E-state index contributed by atoms with van der Waals surface area (Å²) in [4.78, 5) is 5.03. The van der Waals surface area contributed by atoms with Crippen molar-refractivity contribution in [2.45, 2.75) is 51.3 Å². The van der Waals surface area contributed by atoms with E-state index in [2.05, 4.69) is 30.6 Å². The average Bonchev–Trinajstić information content (AvgIpc) is 2.69. The van der Waals surface area contributed by atoms with Crippen molar-refractivity contribution in [3.05, 3.63) is 0 Å². The lowest BCUT2D eigenvalue weighted by molar-refractivity contribution is 0.138. The number of aliphatic hydroxyl groups is 1. The minimum absolute atomic E-state index is 0.0753. The number of hydrogen-bond acceptors (Lipinski definition) is 3. The van der Waals surface area contributed by atoms with Crippen LogP contribution in [0.3, 0.4) is 0 Å². The van der Waals surface area contributed by atoms with Crippen LogP contribution in [0.25, 0.3) is 0 Å². The summed E-state index contributed by atoms with van der Waals surface area (Å²) in [6, 6.07) is 0.682. The number of likely N-dealkylation sites (tertiary alicyclic amines) is 2. The van der Waals surface area contributed by atoms with Gasteiger partial charge in [0.05, 0.1) is 6.10 Å². The van der Waals surface area contributed by atoms with Gasteiger partial charge in [0.15, 0.2) is 0 Å². The molecule has 0 bridgehead atoms. The monoisotopic (exact) mass is 212 g/mol. The van der Waals surface area contributed by atoms with E-state index in [1.807, 2.05) is 0 Å². The largest absolute Gasteiger partial charge is 0.392 e. The molecule has 2 rings (SSSR count). The van der Waals surface area contributed by atoms with Crippen molar-refractivity contribution in [3.8, 4) is 0 Å². The van der Waals surface area contributed by atoms with Crippen molar-refractivity contribution in [3.63, 3.8) is 0 Å². The Balaban J connectivity index is 1.87. The second-order valence-corrected chi connectivity index (χ2v) is 6.00. The smallest absolute Gasteiger partial charge is 0.0679 e. The van der Waals surface area contributed by atoms with Crippen molar-refractivity contribution in [1.29, 1.82) is 0 Å². The zero-order valence-electron chi connectivity index (χ0n) is 10.2. The predicted octanol–water partition coefficient (Wildman–Crippen LogP) is 0.926. The Morgan fingerprint density at radius 2 is 1.80 bits per heavy atom. The summed E-state index contributed by atoms with van der Waals surface area (Å²) < 4.78 is 0. The molecule has 2 aliphatic heterocycles. The fraction of sp³-hybridized carbons (Fsp3) is 1.00. The van der Waals surface area contributed by atoms with Crippen LogP contribution in [0.1, 0.15) is 33.6 Å². The summed E-state index contributed by atoms with van der Waals surface area (Å²) in [5, 5.41) is 9.53. The standard InChI is InChI=1S/C12H24N2O/c1-12(2,3)14-7-4-10(8-14)13-6-5-11(15)9-13/h10-11,15H,4-9H2,1-3H3. The zero-order chi connectivity index (χ0) is 11.1. The van der Waals surface area contributed by atoms with Gasteiger partial charge in [-0.3, -0.25) is 9.80 Å². The lowest BCUT2D eigenvalue weighted by atomic mass is 10.1. The van der Waals surface area contributed by atoms with Crippen LogP contribution in [0.2, 0.25) is 0 Å². The van der Waals surface area contributed by atoms with Crippen LogP contribution in [0, 0.1) is 0 Å². The van der Waals surface area contributed by atoms with Crippen molar-refractivity contribution in [2.24, 2.45) is 0 Å². The molecule has 0 aromatic carbocycles. The first-order valence-electron chi connectivity index (χ1n) is 6.14. The fourth-order valence-corrected chi connectivity index (χ4v) is 2.75. The predicted molar refractivity (Wildman–Crippen MR) is 61.9 cm³/mol. The third kappa shape index (κ3) is 2.52. The van der Waals surface area contributed by atoms with Crippen LogP contribution in [-0.4, -0.2) is 58.8 Å². The maximum absolute atomic E-state index is 9.53. The summed E-state index contributed by atoms with van der Waals surface area (Å²) in [6.45, 7) is 11.2. The van der Waals surface area contributed by atoms with Crippen molar-refractivity contribution in [1.82, 2.24) is 9.80 Å². The van der Waals surface area contributed by atoms with Gasteiger partial charge in [-0.1, -0.05) is 0 Å². The molecule has 0 spiro atoms. The molecule has 0 radical (unpaired) electrons. The third-order valence-electron chi connectivity index (χ3n) is 3.82. The van der Waals surface area contributed by atoms with Gasteiger partial charge < -0.3 is 5.11 Å². The van der Waals surface area contributed by atoms with Gasteiger partial charge in [0.25, 0.3) is 0 Å². The molecule has 2 atom stereocenters. The normalized spacial score (nSPS) is 35.2. The summed E-state index contributed by atoms with van der Waals surface area (Å²) in [5.74, 6) is 0. The van der Waals surface area contributed by atoms with Gasteiger partial charge in [-0.25, -0.2) is 0 Å². The van der Waals surface area contributed by atoms with Crippen LogP contribution in [0.5, 0.6) is 0 Å². The second kappa shape index (κ2) is 4.04. The molecule has 2 unspecified atom stereocenters. The lowest BCUT2D eigenvalue weighted by Gasteiger charge is -2.32. The number of β-amino-alcohol motifs (C(OH)–C–C–N with tert-alkyl or cyclic N) is 1. The Kier molecular flexibility index (Phi) is 3.06. The Bertz CT molecular complexity index is 224. The minimum atomic E-state index is -0.0753. The molecule has 0 aromatic heterocycles. The van der Waals surface area contributed by atoms with Crippen molar-refractivity contribution < 1.29 is 5.11 Å². The molecule has 2 fully saturated rings. The number of aliphatic hydroxyl groups excluding tert-OH is 1. The van der Waals surface area contributed by atoms with Crippen LogP contribution < -0.4 is 0 Å². The highest BCUT2D eigenvalue weighted by Gasteiger charge is 2.35. The Hall–Kier alpha value is -0.120. The van der Waals surface area contributed by atoms with E-state index in [1.165, 1.54) is 19.5 Å². The second-order valence-electron chi connectivity index (χ2n) is 6.00. The number of nitrogens with zero attached hydrogens (tertiary/aromatic N) is 2. The maximum atomic E-state index is 9.53. The van der Waals surface area contributed by atoms with E-state index in [0.29, 0.717) is 11.6 Å². The molecule has 3 nitrogen and oxygen atoms in total. The van der Waals surface area contributed by atoms with E-state index in [-0.39, 0.29) is 6.10 Å². The molecule has 0 saturated carbocycles. The SMILES string of the molecule is CC(C)(C)N1CCC(N2CCC(O)C2)C1. The van der Waals surface area contributed by atoms with Gasteiger partial charge in [-0.05, 0) is 33.6 Å². The van der Waals surface area contributed by atoms with Crippen LogP contribution in [0.15, 0.2) is 0 Å². The van der Waals surface area contributed by atoms with E-state index in [4.69, 9.17) is 0 Å². The van der Waals surface area contributed by atoms with E-state index in [0.717, 1.165) is 19.5 Å². The molecule has 15 heavy (non-hydrogen) atoms. The average molecular weight is 212 g/mol. The maximum Gasteiger partial charge on any atom is 0.0679 e. The molecule has 0 amide bonds. The van der Waals surface area contributed by atoms with Gasteiger partial charge in [-0.15, -0.1) is 0 Å². The van der Waals surface area contributed by atoms with Gasteiger partial charge in [0, 0.05) is 37.8 Å². The van der Waals surface area contributed by atoms with Gasteiger partial charge in [0.2, 0.25) is 0 Å².